The van der Waals surface area contributed by atoms with Crippen molar-refractivity contribution in [1.29, 1.82) is 0 Å². The van der Waals surface area contributed by atoms with Crippen molar-refractivity contribution in [3.8, 4) is 0 Å². The summed E-state index contributed by atoms with van der Waals surface area (Å²) in [4.78, 5) is 4.19. The zero-order valence-electron chi connectivity index (χ0n) is 9.45. The zero-order chi connectivity index (χ0) is 13.4. The van der Waals surface area contributed by atoms with E-state index in [9.17, 15) is 13.2 Å². The highest BCUT2D eigenvalue weighted by molar-refractivity contribution is 7.22. The van der Waals surface area contributed by atoms with E-state index in [1.807, 2.05) is 0 Å². The van der Waals surface area contributed by atoms with Crippen molar-refractivity contribution in [3.05, 3.63) is 53.8 Å². The Labute approximate surface area is 110 Å². The predicted molar refractivity (Wildman–Crippen MR) is 69.2 cm³/mol. The molecule has 3 aromatic rings. The summed E-state index contributed by atoms with van der Waals surface area (Å²) >= 11 is 1.20. The van der Waals surface area contributed by atoms with Crippen molar-refractivity contribution < 1.29 is 13.2 Å². The van der Waals surface area contributed by atoms with Gasteiger partial charge in [0.2, 0.25) is 0 Å². The van der Waals surface area contributed by atoms with Crippen LogP contribution in [0.2, 0.25) is 0 Å². The molecule has 3 rings (SSSR count). The molecule has 1 N–H and O–H groups in total. The number of benzene rings is 2. The number of thiazole rings is 1. The molecular weight excluding hydrogens is 273 g/mol. The second-order valence-corrected chi connectivity index (χ2v) is 4.91. The average Bonchev–Trinajstić information content (AvgIpc) is 2.74. The third-order valence-corrected chi connectivity index (χ3v) is 3.46. The minimum Gasteiger partial charge on any atom is -0.329 e. The van der Waals surface area contributed by atoms with Gasteiger partial charge in [-0.1, -0.05) is 11.3 Å². The van der Waals surface area contributed by atoms with Gasteiger partial charge < -0.3 is 5.32 Å². The first-order valence-electron chi connectivity index (χ1n) is 5.40. The predicted octanol–water partition coefficient (Wildman–Crippen LogP) is 4.46. The van der Waals surface area contributed by atoms with E-state index >= 15 is 0 Å². The Morgan fingerprint density at radius 2 is 1.68 bits per heavy atom. The summed E-state index contributed by atoms with van der Waals surface area (Å²) in [6.07, 6.45) is 0. The smallest absolute Gasteiger partial charge is 0.188 e. The summed E-state index contributed by atoms with van der Waals surface area (Å²) in [5.74, 6) is -1.70. The van der Waals surface area contributed by atoms with Gasteiger partial charge in [0.15, 0.2) is 5.13 Å². The van der Waals surface area contributed by atoms with E-state index in [4.69, 9.17) is 0 Å². The van der Waals surface area contributed by atoms with E-state index in [0.717, 1.165) is 12.1 Å². The Hall–Kier alpha value is -2.08. The molecule has 6 heteroatoms. The lowest BCUT2D eigenvalue weighted by molar-refractivity contribution is 0.586. The van der Waals surface area contributed by atoms with E-state index in [2.05, 4.69) is 10.3 Å². The Morgan fingerprint density at radius 3 is 2.47 bits per heavy atom. The van der Waals surface area contributed by atoms with Crippen LogP contribution in [-0.2, 0) is 0 Å². The number of rotatable bonds is 2. The van der Waals surface area contributed by atoms with Crippen LogP contribution in [0.25, 0.3) is 10.2 Å². The third kappa shape index (κ3) is 2.39. The highest BCUT2D eigenvalue weighted by Crippen LogP contribution is 2.29. The first kappa shape index (κ1) is 12.0. The van der Waals surface area contributed by atoms with Gasteiger partial charge in [-0.15, -0.1) is 0 Å². The topological polar surface area (TPSA) is 24.9 Å². The maximum absolute atomic E-state index is 13.5. The molecular formula is C13H7F3N2S. The first-order chi connectivity index (χ1) is 9.11. The highest BCUT2D eigenvalue weighted by atomic mass is 32.1. The van der Waals surface area contributed by atoms with Crippen LogP contribution in [0.5, 0.6) is 0 Å². The van der Waals surface area contributed by atoms with Gasteiger partial charge in [-0.2, -0.15) is 0 Å². The maximum Gasteiger partial charge on any atom is 0.188 e. The number of hydrogen-bond acceptors (Lipinski definition) is 3. The number of nitrogens with one attached hydrogen (secondary N) is 1. The fourth-order valence-electron chi connectivity index (χ4n) is 1.66. The number of nitrogens with zero attached hydrogens (tertiary/aromatic N) is 1. The molecule has 96 valence electrons. The number of aromatic nitrogens is 1. The molecule has 2 aromatic carbocycles. The van der Waals surface area contributed by atoms with E-state index in [1.165, 1.54) is 29.5 Å². The van der Waals surface area contributed by atoms with Crippen molar-refractivity contribution in [3.63, 3.8) is 0 Å². The van der Waals surface area contributed by atoms with Gasteiger partial charge in [0, 0.05) is 6.07 Å². The van der Waals surface area contributed by atoms with E-state index in [-0.39, 0.29) is 11.5 Å². The summed E-state index contributed by atoms with van der Waals surface area (Å²) in [6, 6.07) is 7.45. The van der Waals surface area contributed by atoms with Gasteiger partial charge in [0.1, 0.15) is 17.5 Å². The van der Waals surface area contributed by atoms with Crippen LogP contribution in [0.15, 0.2) is 36.4 Å². The molecule has 0 saturated carbocycles. The Bertz CT molecular complexity index is 755. The van der Waals surface area contributed by atoms with Gasteiger partial charge in [0.05, 0.1) is 15.9 Å². The van der Waals surface area contributed by atoms with Gasteiger partial charge in [0.25, 0.3) is 0 Å². The van der Waals surface area contributed by atoms with Crippen LogP contribution >= 0.6 is 11.3 Å². The first-order valence-corrected chi connectivity index (χ1v) is 6.21. The van der Waals surface area contributed by atoms with E-state index < -0.39 is 11.6 Å². The zero-order valence-corrected chi connectivity index (χ0v) is 10.3. The summed E-state index contributed by atoms with van der Waals surface area (Å²) in [7, 11) is 0. The van der Waals surface area contributed by atoms with Crippen molar-refractivity contribution in [2.24, 2.45) is 0 Å². The van der Waals surface area contributed by atoms with Crippen LogP contribution < -0.4 is 5.32 Å². The van der Waals surface area contributed by atoms with Crippen LogP contribution in [0.4, 0.5) is 24.0 Å². The molecule has 0 amide bonds. The molecule has 0 fully saturated rings. The quantitative estimate of drug-likeness (QED) is 0.749. The number of anilines is 2. The molecule has 19 heavy (non-hydrogen) atoms. The fourth-order valence-corrected chi connectivity index (χ4v) is 2.56. The Morgan fingerprint density at radius 1 is 0.947 bits per heavy atom. The molecule has 0 spiro atoms. The van der Waals surface area contributed by atoms with Crippen molar-refractivity contribution in [1.82, 2.24) is 4.98 Å². The Kier molecular flexibility index (Phi) is 2.87. The highest BCUT2D eigenvalue weighted by Gasteiger charge is 2.08. The van der Waals surface area contributed by atoms with Crippen molar-refractivity contribution in [2.45, 2.75) is 0 Å². The van der Waals surface area contributed by atoms with Crippen molar-refractivity contribution >= 4 is 32.4 Å². The second-order valence-electron chi connectivity index (χ2n) is 3.88. The van der Waals surface area contributed by atoms with Crippen LogP contribution in [0, 0.1) is 17.5 Å². The monoisotopic (exact) mass is 280 g/mol. The molecule has 2 nitrogen and oxygen atoms in total. The lowest BCUT2D eigenvalue weighted by atomic mass is 10.3. The summed E-state index contributed by atoms with van der Waals surface area (Å²) < 4.78 is 39.9. The fraction of sp³-hybridized carbons (Fsp3) is 0. The molecule has 0 aliphatic heterocycles. The van der Waals surface area contributed by atoms with Crippen LogP contribution in [0.1, 0.15) is 0 Å². The Balaban J connectivity index is 1.96. The molecule has 1 aromatic heterocycles. The minimum atomic E-state index is -0.703. The molecule has 0 atom stereocenters. The summed E-state index contributed by atoms with van der Waals surface area (Å²) in [5, 5.41) is 3.17. The third-order valence-electron chi connectivity index (χ3n) is 2.52. The normalized spacial score (nSPS) is 10.9. The average molecular weight is 280 g/mol. The molecule has 1 heterocycles. The van der Waals surface area contributed by atoms with Crippen LogP contribution in [-0.4, -0.2) is 4.98 Å². The molecule has 0 radical (unpaired) electrons. The lowest BCUT2D eigenvalue weighted by Gasteiger charge is -2.03. The number of halogens is 3. The summed E-state index contributed by atoms with van der Waals surface area (Å²) in [6.45, 7) is 0. The SMILES string of the molecule is Fc1ccc(Nc2nc3ccc(F)cc3s2)c(F)c1. The molecule has 0 aliphatic rings. The van der Waals surface area contributed by atoms with E-state index in [1.54, 1.807) is 6.07 Å². The second kappa shape index (κ2) is 4.55. The number of hydrogen-bond donors (Lipinski definition) is 1. The maximum atomic E-state index is 13.5. The van der Waals surface area contributed by atoms with Gasteiger partial charge in [-0.25, -0.2) is 18.2 Å². The van der Waals surface area contributed by atoms with Crippen molar-refractivity contribution in [2.75, 3.05) is 5.32 Å². The molecule has 0 bridgehead atoms. The molecule has 0 saturated heterocycles. The molecule has 0 unspecified atom stereocenters. The summed E-state index contributed by atoms with van der Waals surface area (Å²) in [5.41, 5.74) is 0.748. The van der Waals surface area contributed by atoms with Gasteiger partial charge in [-0.3, -0.25) is 0 Å². The van der Waals surface area contributed by atoms with Crippen LogP contribution in [0.3, 0.4) is 0 Å². The number of fused-ring (bicyclic) bond motifs is 1. The minimum absolute atomic E-state index is 0.126. The largest absolute Gasteiger partial charge is 0.329 e. The molecule has 0 aliphatic carbocycles. The lowest BCUT2D eigenvalue weighted by Crippen LogP contribution is -1.93. The van der Waals surface area contributed by atoms with Gasteiger partial charge >= 0.3 is 0 Å². The standard InChI is InChI=1S/C13H7F3N2S/c14-7-1-3-10(9(16)5-7)17-13-18-11-4-2-8(15)6-12(11)19-13/h1-6H,(H,17,18). The van der Waals surface area contributed by atoms with E-state index in [0.29, 0.717) is 15.3 Å². The van der Waals surface area contributed by atoms with Gasteiger partial charge in [-0.05, 0) is 30.3 Å².